The normalized spacial score (nSPS) is 16.5. The molecule has 6 heteroatoms. The molecule has 1 aliphatic rings. The predicted molar refractivity (Wildman–Crippen MR) is 98.2 cm³/mol. The number of hydrogen-bond donors (Lipinski definition) is 0. The number of nitrogens with zero attached hydrogens (tertiary/aromatic N) is 5. The number of amides is 1. The van der Waals surface area contributed by atoms with Crippen LogP contribution in [0, 0.1) is 0 Å². The Morgan fingerprint density at radius 2 is 1.88 bits per heavy atom. The highest BCUT2D eigenvalue weighted by molar-refractivity contribution is 5.81. The van der Waals surface area contributed by atoms with Crippen molar-refractivity contribution in [2.45, 2.75) is 19.5 Å². The number of aromatic nitrogens is 2. The van der Waals surface area contributed by atoms with Crippen molar-refractivity contribution in [1.82, 2.24) is 19.8 Å². The third-order valence-electron chi connectivity index (χ3n) is 4.73. The van der Waals surface area contributed by atoms with Gasteiger partial charge in [0.25, 0.3) is 0 Å². The third kappa shape index (κ3) is 4.33. The zero-order chi connectivity index (χ0) is 17.6. The quantitative estimate of drug-likeness (QED) is 0.829. The summed E-state index contributed by atoms with van der Waals surface area (Å²) in [6.45, 7) is 6.06. The molecule has 2 aromatic rings. The van der Waals surface area contributed by atoms with E-state index in [4.69, 9.17) is 0 Å². The molecule has 1 fully saturated rings. The van der Waals surface area contributed by atoms with Crippen molar-refractivity contribution in [1.29, 1.82) is 0 Å². The molecule has 25 heavy (non-hydrogen) atoms. The molecule has 0 N–H and O–H groups in total. The molecule has 0 saturated carbocycles. The minimum absolute atomic E-state index is 0.113. The highest BCUT2D eigenvalue weighted by Gasteiger charge is 2.27. The van der Waals surface area contributed by atoms with Gasteiger partial charge in [0, 0.05) is 52.2 Å². The Hall–Kier alpha value is -2.47. The fraction of sp³-hybridized carbons (Fsp3) is 0.421. The van der Waals surface area contributed by atoms with Crippen molar-refractivity contribution >= 4 is 11.7 Å². The largest absolute Gasteiger partial charge is 0.353 e. The van der Waals surface area contributed by atoms with E-state index >= 15 is 0 Å². The second-order valence-corrected chi connectivity index (χ2v) is 6.44. The summed E-state index contributed by atoms with van der Waals surface area (Å²) >= 11 is 0. The molecule has 1 aromatic heterocycles. The van der Waals surface area contributed by atoms with Gasteiger partial charge in [-0.25, -0.2) is 4.98 Å². The zero-order valence-corrected chi connectivity index (χ0v) is 14.9. The predicted octanol–water partition coefficient (Wildman–Crippen LogP) is 1.65. The lowest BCUT2D eigenvalue weighted by atomic mass is 10.1. The number of carbonyl (C=O) groups excluding carboxylic acids is 1. The summed E-state index contributed by atoms with van der Waals surface area (Å²) in [6, 6.07) is 9.98. The SMILES string of the molecule is CC(C(=O)N(C)Cc1ccccc1)N1CCN(c2cnccn2)CC1. The van der Waals surface area contributed by atoms with Gasteiger partial charge in [-0.3, -0.25) is 14.7 Å². The molecule has 1 unspecified atom stereocenters. The van der Waals surface area contributed by atoms with Crippen molar-refractivity contribution in [3.05, 3.63) is 54.5 Å². The van der Waals surface area contributed by atoms with Crippen molar-refractivity contribution in [3.63, 3.8) is 0 Å². The van der Waals surface area contributed by atoms with E-state index in [1.165, 1.54) is 0 Å². The topological polar surface area (TPSA) is 52.6 Å². The van der Waals surface area contributed by atoms with E-state index in [1.807, 2.05) is 49.2 Å². The summed E-state index contributed by atoms with van der Waals surface area (Å²) in [6.07, 6.45) is 5.19. The minimum Gasteiger partial charge on any atom is -0.353 e. The zero-order valence-electron chi connectivity index (χ0n) is 14.9. The summed E-state index contributed by atoms with van der Waals surface area (Å²) in [7, 11) is 1.88. The lowest BCUT2D eigenvalue weighted by Gasteiger charge is -2.38. The first-order valence-corrected chi connectivity index (χ1v) is 8.69. The summed E-state index contributed by atoms with van der Waals surface area (Å²) < 4.78 is 0. The van der Waals surface area contributed by atoms with Gasteiger partial charge in [-0.05, 0) is 12.5 Å². The number of piperazine rings is 1. The van der Waals surface area contributed by atoms with E-state index in [0.717, 1.165) is 37.6 Å². The minimum atomic E-state index is -0.113. The van der Waals surface area contributed by atoms with Crippen LogP contribution in [0.5, 0.6) is 0 Å². The van der Waals surface area contributed by atoms with Gasteiger partial charge in [0.15, 0.2) is 0 Å². The van der Waals surface area contributed by atoms with Gasteiger partial charge in [-0.15, -0.1) is 0 Å². The van der Waals surface area contributed by atoms with Crippen LogP contribution in [0.3, 0.4) is 0 Å². The Bertz CT molecular complexity index is 671. The molecule has 132 valence electrons. The molecule has 0 spiro atoms. The van der Waals surface area contributed by atoms with E-state index in [-0.39, 0.29) is 11.9 Å². The van der Waals surface area contributed by atoms with Crippen LogP contribution in [0.15, 0.2) is 48.9 Å². The molecule has 0 radical (unpaired) electrons. The summed E-state index contributed by atoms with van der Waals surface area (Å²) in [5.74, 6) is 1.07. The Balaban J connectivity index is 1.53. The summed E-state index contributed by atoms with van der Waals surface area (Å²) in [5, 5.41) is 0. The third-order valence-corrected chi connectivity index (χ3v) is 4.73. The van der Waals surface area contributed by atoms with Gasteiger partial charge in [-0.2, -0.15) is 0 Å². The Morgan fingerprint density at radius 3 is 2.52 bits per heavy atom. The van der Waals surface area contributed by atoms with Crippen LogP contribution in [0.1, 0.15) is 12.5 Å². The standard InChI is InChI=1S/C19H25N5O/c1-16(19(25)22(2)15-17-6-4-3-5-7-17)23-10-12-24(13-11-23)18-14-20-8-9-21-18/h3-9,14,16H,10-13,15H2,1-2H3. The van der Waals surface area contributed by atoms with Crippen molar-refractivity contribution < 1.29 is 4.79 Å². The smallest absolute Gasteiger partial charge is 0.239 e. The van der Waals surface area contributed by atoms with E-state index in [1.54, 1.807) is 18.6 Å². The van der Waals surface area contributed by atoms with E-state index < -0.39 is 0 Å². The van der Waals surface area contributed by atoms with Gasteiger partial charge in [0.05, 0.1) is 12.2 Å². The Morgan fingerprint density at radius 1 is 1.16 bits per heavy atom. The molecule has 1 aliphatic heterocycles. The highest BCUT2D eigenvalue weighted by atomic mass is 16.2. The van der Waals surface area contributed by atoms with Gasteiger partial charge >= 0.3 is 0 Å². The number of hydrogen-bond acceptors (Lipinski definition) is 5. The summed E-state index contributed by atoms with van der Waals surface area (Å²) in [5.41, 5.74) is 1.15. The summed E-state index contributed by atoms with van der Waals surface area (Å²) in [4.78, 5) is 27.5. The average molecular weight is 339 g/mol. The molecule has 2 heterocycles. The second kappa shape index (κ2) is 8.07. The van der Waals surface area contributed by atoms with Gasteiger partial charge in [0.2, 0.25) is 5.91 Å². The molecule has 1 amide bonds. The van der Waals surface area contributed by atoms with Crippen LogP contribution in [0.2, 0.25) is 0 Å². The molecule has 6 nitrogen and oxygen atoms in total. The van der Waals surface area contributed by atoms with Gasteiger partial charge in [0.1, 0.15) is 5.82 Å². The number of likely N-dealkylation sites (N-methyl/N-ethyl adjacent to an activating group) is 1. The molecule has 1 aromatic carbocycles. The first-order chi connectivity index (χ1) is 12.1. The number of rotatable bonds is 5. The van der Waals surface area contributed by atoms with Gasteiger partial charge < -0.3 is 9.80 Å². The van der Waals surface area contributed by atoms with Crippen LogP contribution in [-0.2, 0) is 11.3 Å². The van der Waals surface area contributed by atoms with Crippen LogP contribution in [0.25, 0.3) is 0 Å². The maximum atomic E-state index is 12.7. The lowest BCUT2D eigenvalue weighted by Crippen LogP contribution is -2.54. The Labute approximate surface area is 149 Å². The van der Waals surface area contributed by atoms with Crippen molar-refractivity contribution in [2.75, 3.05) is 38.1 Å². The van der Waals surface area contributed by atoms with Crippen LogP contribution >= 0.6 is 0 Å². The van der Waals surface area contributed by atoms with E-state index in [9.17, 15) is 4.79 Å². The molecule has 3 rings (SSSR count). The molecule has 1 saturated heterocycles. The Kier molecular flexibility index (Phi) is 5.60. The van der Waals surface area contributed by atoms with E-state index in [2.05, 4.69) is 19.8 Å². The molecular weight excluding hydrogens is 314 g/mol. The first kappa shape index (κ1) is 17.4. The second-order valence-electron chi connectivity index (χ2n) is 6.44. The highest BCUT2D eigenvalue weighted by Crippen LogP contribution is 2.14. The van der Waals surface area contributed by atoms with E-state index in [0.29, 0.717) is 6.54 Å². The van der Waals surface area contributed by atoms with Crippen molar-refractivity contribution in [2.24, 2.45) is 0 Å². The van der Waals surface area contributed by atoms with Crippen LogP contribution in [-0.4, -0.2) is 64.9 Å². The lowest BCUT2D eigenvalue weighted by molar-refractivity contribution is -0.135. The molecule has 0 aliphatic carbocycles. The fourth-order valence-corrected chi connectivity index (χ4v) is 3.20. The molecule has 1 atom stereocenters. The first-order valence-electron chi connectivity index (χ1n) is 8.69. The van der Waals surface area contributed by atoms with Crippen LogP contribution in [0.4, 0.5) is 5.82 Å². The monoisotopic (exact) mass is 339 g/mol. The molecule has 0 bridgehead atoms. The van der Waals surface area contributed by atoms with Gasteiger partial charge in [-0.1, -0.05) is 30.3 Å². The molecular formula is C19H25N5O. The maximum Gasteiger partial charge on any atom is 0.239 e. The van der Waals surface area contributed by atoms with Crippen LogP contribution < -0.4 is 4.90 Å². The maximum absolute atomic E-state index is 12.7. The number of anilines is 1. The number of benzene rings is 1. The number of carbonyl (C=O) groups is 1. The van der Waals surface area contributed by atoms with Crippen molar-refractivity contribution in [3.8, 4) is 0 Å². The fourth-order valence-electron chi connectivity index (χ4n) is 3.20. The average Bonchev–Trinajstić information content (AvgIpc) is 2.68.